The van der Waals surface area contributed by atoms with Crippen LogP contribution in [-0.4, -0.2) is 22.0 Å². The smallest absolute Gasteiger partial charge is 0.253 e. The maximum absolute atomic E-state index is 12.0. The van der Waals surface area contributed by atoms with Crippen LogP contribution in [0.25, 0.3) is 0 Å². The zero-order valence-electron chi connectivity index (χ0n) is 11.0. The van der Waals surface area contributed by atoms with Crippen LogP contribution in [0.1, 0.15) is 28.9 Å². The van der Waals surface area contributed by atoms with Crippen LogP contribution < -0.4 is 5.32 Å². The van der Waals surface area contributed by atoms with Crippen LogP contribution in [0.4, 0.5) is 0 Å². The normalized spacial score (nSPS) is 13.6. The second-order valence-electron chi connectivity index (χ2n) is 4.50. The molecule has 2 N–H and O–H groups in total. The van der Waals surface area contributed by atoms with E-state index in [0.717, 1.165) is 0 Å². The Morgan fingerprint density at radius 3 is 2.60 bits per heavy atom. The first-order valence-electron chi connectivity index (χ1n) is 6.22. The van der Waals surface area contributed by atoms with Crippen molar-refractivity contribution in [2.75, 3.05) is 0 Å². The number of aliphatic hydroxyl groups excluding tert-OH is 1. The van der Waals surface area contributed by atoms with Crippen LogP contribution in [0, 0.1) is 0 Å². The van der Waals surface area contributed by atoms with Gasteiger partial charge in [0.2, 0.25) is 0 Å². The van der Waals surface area contributed by atoms with Crippen molar-refractivity contribution in [3.8, 4) is 0 Å². The van der Waals surface area contributed by atoms with Crippen molar-refractivity contribution >= 4 is 17.5 Å². The van der Waals surface area contributed by atoms with Gasteiger partial charge in [0.05, 0.1) is 17.7 Å². The molecule has 5 heteroatoms. The second kappa shape index (κ2) is 6.50. The Labute approximate surface area is 122 Å². The zero-order valence-corrected chi connectivity index (χ0v) is 11.7. The first kappa shape index (κ1) is 14.5. The Bertz CT molecular complexity index is 572. The molecule has 1 aromatic heterocycles. The Hall–Kier alpha value is -1.91. The fourth-order valence-corrected chi connectivity index (χ4v) is 1.94. The average Bonchev–Trinajstić information content (AvgIpc) is 2.48. The third-order valence-electron chi connectivity index (χ3n) is 2.97. The number of nitrogens with one attached hydrogen (secondary N) is 1. The molecule has 0 spiro atoms. The van der Waals surface area contributed by atoms with Gasteiger partial charge in [-0.3, -0.25) is 9.78 Å². The van der Waals surface area contributed by atoms with Crippen molar-refractivity contribution in [1.29, 1.82) is 0 Å². The lowest BCUT2D eigenvalue weighted by Gasteiger charge is -2.20. The molecule has 1 aromatic carbocycles. The van der Waals surface area contributed by atoms with E-state index in [2.05, 4.69) is 10.3 Å². The number of carbonyl (C=O) groups excluding carboxylic acids is 1. The van der Waals surface area contributed by atoms with E-state index in [0.29, 0.717) is 16.1 Å². The summed E-state index contributed by atoms with van der Waals surface area (Å²) in [6.45, 7) is 1.74. The maximum Gasteiger partial charge on any atom is 0.253 e. The highest BCUT2D eigenvalue weighted by Gasteiger charge is 2.19. The lowest BCUT2D eigenvalue weighted by Crippen LogP contribution is -2.37. The molecule has 20 heavy (non-hydrogen) atoms. The monoisotopic (exact) mass is 290 g/mol. The molecule has 0 saturated carbocycles. The summed E-state index contributed by atoms with van der Waals surface area (Å²) in [5, 5.41) is 13.6. The van der Waals surface area contributed by atoms with Gasteiger partial charge in [0, 0.05) is 17.4 Å². The lowest BCUT2D eigenvalue weighted by molar-refractivity contribution is 0.0851. The maximum atomic E-state index is 12.0. The van der Waals surface area contributed by atoms with Gasteiger partial charge in [-0.1, -0.05) is 23.7 Å². The van der Waals surface area contributed by atoms with Gasteiger partial charge in [-0.2, -0.15) is 0 Å². The fraction of sp³-hybridized carbons (Fsp3) is 0.200. The Kier molecular flexibility index (Phi) is 4.71. The van der Waals surface area contributed by atoms with Crippen LogP contribution in [0.3, 0.4) is 0 Å². The van der Waals surface area contributed by atoms with Crippen molar-refractivity contribution in [2.24, 2.45) is 0 Å². The molecule has 0 bridgehead atoms. The number of carbonyl (C=O) groups is 1. The SMILES string of the molecule is CC(NC(=O)c1cccnc1)C(O)c1ccc(Cl)cc1. The van der Waals surface area contributed by atoms with Crippen molar-refractivity contribution in [3.05, 3.63) is 64.9 Å². The summed E-state index contributed by atoms with van der Waals surface area (Å²) < 4.78 is 0. The van der Waals surface area contributed by atoms with Gasteiger partial charge in [0.25, 0.3) is 5.91 Å². The van der Waals surface area contributed by atoms with Gasteiger partial charge < -0.3 is 10.4 Å². The number of pyridine rings is 1. The fourth-order valence-electron chi connectivity index (χ4n) is 1.81. The minimum Gasteiger partial charge on any atom is -0.386 e. The highest BCUT2D eigenvalue weighted by atomic mass is 35.5. The molecule has 2 atom stereocenters. The Morgan fingerprint density at radius 2 is 2.00 bits per heavy atom. The van der Waals surface area contributed by atoms with E-state index < -0.39 is 12.1 Å². The topological polar surface area (TPSA) is 62.2 Å². The van der Waals surface area contributed by atoms with E-state index in [9.17, 15) is 9.90 Å². The standard InChI is InChI=1S/C15H15ClN2O2/c1-10(14(19)11-4-6-13(16)7-5-11)18-15(20)12-3-2-8-17-9-12/h2-10,14,19H,1H3,(H,18,20). The third kappa shape index (κ3) is 3.56. The summed E-state index contributed by atoms with van der Waals surface area (Å²) in [6.07, 6.45) is 2.28. The lowest BCUT2D eigenvalue weighted by atomic mass is 10.0. The molecule has 1 heterocycles. The Morgan fingerprint density at radius 1 is 1.30 bits per heavy atom. The second-order valence-corrected chi connectivity index (χ2v) is 4.94. The largest absolute Gasteiger partial charge is 0.386 e. The molecular formula is C15H15ClN2O2. The minimum absolute atomic E-state index is 0.265. The number of amides is 1. The Balaban J connectivity index is 2.02. The number of rotatable bonds is 4. The molecule has 0 radical (unpaired) electrons. The first-order valence-corrected chi connectivity index (χ1v) is 6.60. The van der Waals surface area contributed by atoms with E-state index in [1.54, 1.807) is 49.5 Å². The minimum atomic E-state index is -0.798. The zero-order chi connectivity index (χ0) is 14.5. The molecule has 2 rings (SSSR count). The van der Waals surface area contributed by atoms with Gasteiger partial charge in [-0.25, -0.2) is 0 Å². The molecule has 1 amide bonds. The van der Waals surface area contributed by atoms with E-state index in [1.165, 1.54) is 6.20 Å². The van der Waals surface area contributed by atoms with Gasteiger partial charge in [0.1, 0.15) is 0 Å². The molecule has 2 unspecified atom stereocenters. The predicted octanol–water partition coefficient (Wildman–Crippen LogP) is 2.59. The molecule has 104 valence electrons. The molecule has 0 aliphatic heterocycles. The summed E-state index contributed by atoms with van der Waals surface area (Å²) in [6, 6.07) is 9.81. The number of hydrogen-bond donors (Lipinski definition) is 2. The van der Waals surface area contributed by atoms with Gasteiger partial charge in [0.15, 0.2) is 0 Å². The van der Waals surface area contributed by atoms with Crippen LogP contribution in [0.5, 0.6) is 0 Å². The van der Waals surface area contributed by atoms with E-state index in [-0.39, 0.29) is 5.91 Å². The number of aliphatic hydroxyl groups is 1. The number of halogens is 1. The number of hydrogen-bond acceptors (Lipinski definition) is 3. The van der Waals surface area contributed by atoms with Crippen molar-refractivity contribution in [3.63, 3.8) is 0 Å². The van der Waals surface area contributed by atoms with E-state index >= 15 is 0 Å². The van der Waals surface area contributed by atoms with Gasteiger partial charge in [-0.15, -0.1) is 0 Å². The highest BCUT2D eigenvalue weighted by Crippen LogP contribution is 2.19. The number of aromatic nitrogens is 1. The van der Waals surface area contributed by atoms with Gasteiger partial charge in [-0.05, 0) is 36.8 Å². The summed E-state index contributed by atoms with van der Waals surface area (Å²) >= 11 is 5.80. The summed E-state index contributed by atoms with van der Waals surface area (Å²) in [7, 11) is 0. The van der Waals surface area contributed by atoms with Crippen molar-refractivity contribution in [1.82, 2.24) is 10.3 Å². The van der Waals surface area contributed by atoms with Crippen molar-refractivity contribution < 1.29 is 9.90 Å². The van der Waals surface area contributed by atoms with Crippen LogP contribution >= 0.6 is 11.6 Å². The molecule has 2 aromatic rings. The summed E-state index contributed by atoms with van der Waals surface area (Å²) in [5.41, 5.74) is 1.16. The molecule has 4 nitrogen and oxygen atoms in total. The quantitative estimate of drug-likeness (QED) is 0.910. The molecule has 0 saturated heterocycles. The molecule has 0 fully saturated rings. The van der Waals surface area contributed by atoms with E-state index in [4.69, 9.17) is 11.6 Å². The summed E-state index contributed by atoms with van der Waals surface area (Å²) in [5.74, 6) is -0.265. The van der Waals surface area contributed by atoms with Crippen LogP contribution in [0.15, 0.2) is 48.8 Å². The van der Waals surface area contributed by atoms with E-state index in [1.807, 2.05) is 0 Å². The summed E-state index contributed by atoms with van der Waals surface area (Å²) in [4.78, 5) is 15.8. The highest BCUT2D eigenvalue weighted by molar-refractivity contribution is 6.30. The predicted molar refractivity (Wildman–Crippen MR) is 77.6 cm³/mol. The molecule has 0 aliphatic carbocycles. The first-order chi connectivity index (χ1) is 9.58. The van der Waals surface area contributed by atoms with Gasteiger partial charge >= 0.3 is 0 Å². The van der Waals surface area contributed by atoms with Crippen LogP contribution in [0.2, 0.25) is 5.02 Å². The third-order valence-corrected chi connectivity index (χ3v) is 3.22. The molecular weight excluding hydrogens is 276 g/mol. The molecule has 0 aliphatic rings. The number of nitrogens with zero attached hydrogens (tertiary/aromatic N) is 1. The van der Waals surface area contributed by atoms with Crippen molar-refractivity contribution in [2.45, 2.75) is 19.1 Å². The number of benzene rings is 1. The average molecular weight is 291 g/mol. The van der Waals surface area contributed by atoms with Crippen LogP contribution in [-0.2, 0) is 0 Å².